The van der Waals surface area contributed by atoms with Crippen molar-refractivity contribution >= 4 is 0 Å². The van der Waals surface area contributed by atoms with Crippen molar-refractivity contribution in [3.05, 3.63) is 35.4 Å². The highest BCUT2D eigenvalue weighted by atomic mass is 15.1. The second-order valence-corrected chi connectivity index (χ2v) is 5.24. The van der Waals surface area contributed by atoms with Crippen LogP contribution in [0.3, 0.4) is 0 Å². The molecule has 1 nitrogen and oxygen atoms in total. The molecule has 3 aliphatic rings. The van der Waals surface area contributed by atoms with Gasteiger partial charge in [0.1, 0.15) is 0 Å². The standard InChI is InChI=1S/C14H19N/c1-11-5-4-6-12(9-11)14-8-3-2-7-13(10-14)15-14/h4-6,9,13,15H,2-3,7-8,10H2,1H3. The Morgan fingerprint density at radius 3 is 3.00 bits per heavy atom. The van der Waals surface area contributed by atoms with E-state index in [4.69, 9.17) is 0 Å². The fourth-order valence-corrected chi connectivity index (χ4v) is 3.24. The largest absolute Gasteiger partial charge is 0.304 e. The van der Waals surface area contributed by atoms with E-state index in [2.05, 4.69) is 36.5 Å². The van der Waals surface area contributed by atoms with Crippen molar-refractivity contribution in [1.82, 2.24) is 5.32 Å². The molecule has 1 N–H and O–H groups in total. The maximum absolute atomic E-state index is 3.80. The van der Waals surface area contributed by atoms with E-state index in [1.54, 1.807) is 0 Å². The molecule has 2 atom stereocenters. The fraction of sp³-hybridized carbons (Fsp3) is 0.571. The maximum atomic E-state index is 3.80. The number of rotatable bonds is 1. The Hall–Kier alpha value is -0.820. The first-order valence-corrected chi connectivity index (χ1v) is 6.13. The Kier molecular flexibility index (Phi) is 2.10. The lowest BCUT2D eigenvalue weighted by molar-refractivity contribution is 0.138. The van der Waals surface area contributed by atoms with Gasteiger partial charge in [0, 0.05) is 11.6 Å². The van der Waals surface area contributed by atoms with Crippen molar-refractivity contribution in [2.45, 2.75) is 50.6 Å². The summed E-state index contributed by atoms with van der Waals surface area (Å²) in [6.45, 7) is 2.19. The number of fused-ring (bicyclic) bond motifs is 3. The lowest BCUT2D eigenvalue weighted by atomic mass is 9.74. The summed E-state index contributed by atoms with van der Waals surface area (Å²) in [4.78, 5) is 0. The summed E-state index contributed by atoms with van der Waals surface area (Å²) < 4.78 is 0. The van der Waals surface area contributed by atoms with Gasteiger partial charge in [0.2, 0.25) is 0 Å². The zero-order valence-electron chi connectivity index (χ0n) is 9.42. The molecular formula is C14H19N. The van der Waals surface area contributed by atoms with Crippen molar-refractivity contribution in [2.24, 2.45) is 0 Å². The van der Waals surface area contributed by atoms with Crippen LogP contribution in [0, 0.1) is 6.92 Å². The van der Waals surface area contributed by atoms with Crippen LogP contribution in [-0.4, -0.2) is 6.04 Å². The topological polar surface area (TPSA) is 12.0 Å². The van der Waals surface area contributed by atoms with Crippen LogP contribution >= 0.6 is 0 Å². The van der Waals surface area contributed by atoms with Crippen LogP contribution < -0.4 is 5.32 Å². The molecular weight excluding hydrogens is 182 g/mol. The fourth-order valence-electron chi connectivity index (χ4n) is 3.24. The van der Waals surface area contributed by atoms with Gasteiger partial charge in [-0.25, -0.2) is 0 Å². The molecule has 2 unspecified atom stereocenters. The zero-order valence-corrected chi connectivity index (χ0v) is 9.42. The van der Waals surface area contributed by atoms with Gasteiger partial charge in [-0.1, -0.05) is 42.7 Å². The quantitative estimate of drug-likeness (QED) is 0.736. The van der Waals surface area contributed by atoms with Crippen LogP contribution in [0.2, 0.25) is 0 Å². The van der Waals surface area contributed by atoms with Crippen molar-refractivity contribution in [2.75, 3.05) is 0 Å². The molecule has 2 bridgehead atoms. The molecule has 1 aromatic carbocycles. The molecule has 80 valence electrons. The van der Waals surface area contributed by atoms with E-state index in [9.17, 15) is 0 Å². The smallest absolute Gasteiger partial charge is 0.0451 e. The van der Waals surface area contributed by atoms with E-state index >= 15 is 0 Å². The lowest BCUT2D eigenvalue weighted by Crippen LogP contribution is -2.59. The predicted molar refractivity (Wildman–Crippen MR) is 62.9 cm³/mol. The lowest BCUT2D eigenvalue weighted by Gasteiger charge is -2.48. The molecule has 0 aromatic heterocycles. The minimum absolute atomic E-state index is 0.340. The minimum Gasteiger partial charge on any atom is -0.304 e. The molecule has 1 aromatic rings. The Balaban J connectivity index is 1.93. The second kappa shape index (κ2) is 3.34. The van der Waals surface area contributed by atoms with Crippen molar-refractivity contribution in [1.29, 1.82) is 0 Å². The average molecular weight is 201 g/mol. The summed E-state index contributed by atoms with van der Waals surface area (Å²) in [6.07, 6.45) is 6.86. The summed E-state index contributed by atoms with van der Waals surface area (Å²) in [5, 5.41) is 3.80. The van der Waals surface area contributed by atoms with Crippen molar-refractivity contribution in [3.8, 4) is 0 Å². The molecule has 0 spiro atoms. The van der Waals surface area contributed by atoms with Crippen LogP contribution in [-0.2, 0) is 5.54 Å². The number of hydrogen-bond acceptors (Lipinski definition) is 1. The van der Waals surface area contributed by atoms with E-state index in [0.717, 1.165) is 6.04 Å². The molecule has 1 heteroatoms. The molecule has 0 amide bonds. The summed E-state index contributed by atoms with van der Waals surface area (Å²) >= 11 is 0. The SMILES string of the molecule is Cc1cccc(C23CCCCC(C2)N3)c1. The molecule has 2 heterocycles. The minimum atomic E-state index is 0.340. The second-order valence-electron chi connectivity index (χ2n) is 5.24. The zero-order chi connectivity index (χ0) is 10.3. The van der Waals surface area contributed by atoms with Gasteiger partial charge < -0.3 is 5.32 Å². The van der Waals surface area contributed by atoms with Gasteiger partial charge in [0.15, 0.2) is 0 Å². The van der Waals surface area contributed by atoms with E-state index in [1.165, 1.54) is 43.2 Å². The molecule has 15 heavy (non-hydrogen) atoms. The van der Waals surface area contributed by atoms with Gasteiger partial charge in [0.25, 0.3) is 0 Å². The number of hydrogen-bond donors (Lipinski definition) is 1. The molecule has 4 rings (SSSR count). The summed E-state index contributed by atoms with van der Waals surface area (Å²) in [5.74, 6) is 0. The Labute approximate surface area is 91.9 Å². The van der Waals surface area contributed by atoms with Crippen LogP contribution in [0.1, 0.15) is 43.2 Å². The molecule has 3 fully saturated rings. The first-order chi connectivity index (χ1) is 7.28. The van der Waals surface area contributed by atoms with Gasteiger partial charge in [-0.2, -0.15) is 0 Å². The third-order valence-electron chi connectivity index (χ3n) is 4.05. The predicted octanol–water partition coefficient (Wildman–Crippen LogP) is 3.13. The van der Waals surface area contributed by atoms with Crippen LogP contribution in [0.25, 0.3) is 0 Å². The molecule has 2 aliphatic heterocycles. The van der Waals surface area contributed by atoms with E-state index in [-0.39, 0.29) is 0 Å². The highest BCUT2D eigenvalue weighted by molar-refractivity contribution is 5.32. The van der Waals surface area contributed by atoms with Crippen LogP contribution in [0.4, 0.5) is 0 Å². The Bertz CT molecular complexity index is 358. The Morgan fingerprint density at radius 2 is 2.20 bits per heavy atom. The third kappa shape index (κ3) is 1.50. The first-order valence-electron chi connectivity index (χ1n) is 6.13. The van der Waals surface area contributed by atoms with Gasteiger partial charge >= 0.3 is 0 Å². The normalized spacial score (nSPS) is 34.3. The maximum Gasteiger partial charge on any atom is 0.0451 e. The number of aryl methyl sites for hydroxylation is 1. The van der Waals surface area contributed by atoms with Crippen LogP contribution in [0.15, 0.2) is 24.3 Å². The van der Waals surface area contributed by atoms with Crippen molar-refractivity contribution in [3.63, 3.8) is 0 Å². The van der Waals surface area contributed by atoms with E-state index < -0.39 is 0 Å². The molecule has 0 radical (unpaired) electrons. The monoisotopic (exact) mass is 201 g/mol. The van der Waals surface area contributed by atoms with Gasteiger partial charge in [-0.3, -0.25) is 0 Å². The third-order valence-corrected chi connectivity index (χ3v) is 4.05. The van der Waals surface area contributed by atoms with E-state index in [1.807, 2.05) is 0 Å². The highest BCUT2D eigenvalue weighted by Gasteiger charge is 2.45. The molecule has 2 saturated heterocycles. The van der Waals surface area contributed by atoms with Gasteiger partial charge in [-0.15, -0.1) is 0 Å². The van der Waals surface area contributed by atoms with Crippen LogP contribution in [0.5, 0.6) is 0 Å². The summed E-state index contributed by atoms with van der Waals surface area (Å²) in [7, 11) is 0. The van der Waals surface area contributed by atoms with E-state index in [0.29, 0.717) is 5.54 Å². The Morgan fingerprint density at radius 1 is 1.33 bits per heavy atom. The number of nitrogens with one attached hydrogen (secondary N) is 1. The summed E-state index contributed by atoms with van der Waals surface area (Å²) in [6, 6.07) is 9.83. The van der Waals surface area contributed by atoms with Gasteiger partial charge in [0.05, 0.1) is 0 Å². The number of benzene rings is 1. The summed E-state index contributed by atoms with van der Waals surface area (Å²) in [5.41, 5.74) is 3.24. The van der Waals surface area contributed by atoms with Crippen molar-refractivity contribution < 1.29 is 0 Å². The highest BCUT2D eigenvalue weighted by Crippen LogP contribution is 2.44. The molecule has 1 saturated carbocycles. The average Bonchev–Trinajstić information content (AvgIpc) is 2.49. The first kappa shape index (κ1) is 9.41. The van der Waals surface area contributed by atoms with Gasteiger partial charge in [-0.05, 0) is 31.7 Å². The molecule has 1 aliphatic carbocycles.